The van der Waals surface area contributed by atoms with Crippen LogP contribution in [0.1, 0.15) is 12.6 Å². The zero-order chi connectivity index (χ0) is 13.1. The number of nitrogens with one attached hydrogen (secondary N) is 1. The quantitative estimate of drug-likeness (QED) is 0.589. The van der Waals surface area contributed by atoms with Gasteiger partial charge in [-0.1, -0.05) is 0 Å². The van der Waals surface area contributed by atoms with Crippen LogP contribution >= 0.6 is 9.03 Å². The molecule has 100 valence electrons. The van der Waals surface area contributed by atoms with E-state index in [4.69, 9.17) is 19.3 Å². The van der Waals surface area contributed by atoms with Crippen molar-refractivity contribution in [3.05, 3.63) is 33.1 Å². The number of aliphatic hydroxyl groups is 1. The van der Waals surface area contributed by atoms with Crippen LogP contribution in [-0.4, -0.2) is 38.4 Å². The van der Waals surface area contributed by atoms with Gasteiger partial charge in [0.05, 0.1) is 12.7 Å². The number of hydrogen-bond acceptors (Lipinski definition) is 6. The smallest absolute Gasteiger partial charge is 0.330 e. The summed E-state index contributed by atoms with van der Waals surface area (Å²) in [4.78, 5) is 33.4. The van der Waals surface area contributed by atoms with Gasteiger partial charge in [-0.05, 0) is 0 Å². The van der Waals surface area contributed by atoms with E-state index in [0.29, 0.717) is 6.42 Å². The summed E-state index contributed by atoms with van der Waals surface area (Å²) in [6.45, 7) is -0.274. The Kier molecular flexibility index (Phi) is 4.26. The summed E-state index contributed by atoms with van der Waals surface area (Å²) >= 11 is 0. The summed E-state index contributed by atoms with van der Waals surface area (Å²) in [6.07, 6.45) is -0.0854. The van der Waals surface area contributed by atoms with Crippen LogP contribution in [-0.2, 0) is 9.26 Å². The fourth-order valence-corrected chi connectivity index (χ4v) is 2.26. The molecule has 0 aromatic carbocycles. The monoisotopic (exact) mass is 276 g/mol. The van der Waals surface area contributed by atoms with Crippen LogP contribution in [0.15, 0.2) is 21.9 Å². The van der Waals surface area contributed by atoms with Crippen molar-refractivity contribution < 1.29 is 19.3 Å². The van der Waals surface area contributed by atoms with E-state index in [1.165, 1.54) is 16.8 Å². The molecule has 3 N–H and O–H groups in total. The van der Waals surface area contributed by atoms with Crippen molar-refractivity contribution in [1.82, 2.24) is 9.55 Å². The normalized spacial score (nSPS) is 28.2. The number of rotatable bonds is 4. The van der Waals surface area contributed by atoms with Crippen molar-refractivity contribution in [2.75, 3.05) is 6.61 Å². The van der Waals surface area contributed by atoms with E-state index in [9.17, 15) is 9.59 Å². The van der Waals surface area contributed by atoms with E-state index in [1.54, 1.807) is 0 Å². The van der Waals surface area contributed by atoms with Gasteiger partial charge < -0.3 is 19.3 Å². The molecule has 1 aliphatic rings. The predicted octanol–water partition coefficient (Wildman–Crippen LogP) is -1.30. The first-order valence-electron chi connectivity index (χ1n) is 5.28. The summed E-state index contributed by atoms with van der Waals surface area (Å²) < 4.78 is 11.7. The summed E-state index contributed by atoms with van der Waals surface area (Å²) in [5.41, 5.74) is -1.08. The molecule has 18 heavy (non-hydrogen) atoms. The number of aromatic amines is 1. The molecule has 4 atom stereocenters. The molecular formula is C9H13N2O6P. The Hall–Kier alpha value is -1.05. The molecule has 0 spiro atoms. The Bertz CT molecular complexity index is 514. The molecule has 1 saturated heterocycles. The molecule has 9 heteroatoms. The molecule has 0 radical (unpaired) electrons. The van der Waals surface area contributed by atoms with Gasteiger partial charge >= 0.3 is 5.69 Å². The zero-order valence-corrected chi connectivity index (χ0v) is 10.3. The third kappa shape index (κ3) is 2.68. The maximum Gasteiger partial charge on any atom is 0.330 e. The average molecular weight is 276 g/mol. The van der Waals surface area contributed by atoms with Gasteiger partial charge in [-0.2, -0.15) is 0 Å². The molecule has 8 nitrogen and oxygen atoms in total. The Morgan fingerprint density at radius 1 is 1.61 bits per heavy atom. The predicted molar refractivity (Wildman–Crippen MR) is 62.3 cm³/mol. The summed E-state index contributed by atoms with van der Waals surface area (Å²) in [7, 11) is -0.713. The van der Waals surface area contributed by atoms with E-state index >= 15 is 0 Å². The van der Waals surface area contributed by atoms with Crippen molar-refractivity contribution in [2.24, 2.45) is 0 Å². The third-order valence-corrected chi connectivity index (χ3v) is 3.13. The molecule has 1 aromatic heterocycles. The van der Waals surface area contributed by atoms with Crippen LogP contribution in [0, 0.1) is 0 Å². The van der Waals surface area contributed by atoms with Crippen LogP contribution < -0.4 is 11.2 Å². The molecule has 1 fully saturated rings. The second-order valence-corrected chi connectivity index (χ2v) is 4.23. The molecule has 4 unspecified atom stereocenters. The highest BCUT2D eigenvalue weighted by Gasteiger charge is 2.37. The molecular weight excluding hydrogens is 263 g/mol. The van der Waals surface area contributed by atoms with Gasteiger partial charge in [-0.25, -0.2) is 4.79 Å². The average Bonchev–Trinajstić information content (AvgIpc) is 2.72. The van der Waals surface area contributed by atoms with Crippen LogP contribution in [0.25, 0.3) is 0 Å². The number of hydrogen-bond donors (Lipinski definition) is 3. The lowest BCUT2D eigenvalue weighted by Gasteiger charge is -2.14. The summed E-state index contributed by atoms with van der Waals surface area (Å²) in [5.74, 6) is 0. The number of ether oxygens (including phenoxy) is 1. The third-order valence-electron chi connectivity index (χ3n) is 2.73. The van der Waals surface area contributed by atoms with Crippen LogP contribution in [0.2, 0.25) is 0 Å². The highest BCUT2D eigenvalue weighted by Crippen LogP contribution is 2.32. The lowest BCUT2D eigenvalue weighted by Crippen LogP contribution is -2.31. The fraction of sp³-hybridized carbons (Fsp3) is 0.556. The van der Waals surface area contributed by atoms with Crippen molar-refractivity contribution >= 4 is 9.03 Å². The summed E-state index contributed by atoms with van der Waals surface area (Å²) in [5, 5.41) is 9.11. The van der Waals surface area contributed by atoms with E-state index in [1.807, 2.05) is 0 Å². The molecule has 0 saturated carbocycles. The van der Waals surface area contributed by atoms with Gasteiger partial charge in [-0.3, -0.25) is 14.3 Å². The summed E-state index contributed by atoms with van der Waals surface area (Å²) in [6, 6.07) is 1.21. The largest absolute Gasteiger partial charge is 0.394 e. The lowest BCUT2D eigenvalue weighted by atomic mass is 10.2. The van der Waals surface area contributed by atoms with E-state index in [0.717, 1.165) is 0 Å². The highest BCUT2D eigenvalue weighted by molar-refractivity contribution is 7.25. The first-order valence-corrected chi connectivity index (χ1v) is 6.13. The topological polar surface area (TPSA) is 114 Å². The van der Waals surface area contributed by atoms with Crippen LogP contribution in [0.5, 0.6) is 0 Å². The molecule has 2 rings (SSSR count). The SMILES string of the molecule is O=c1ccn(C2CC(OPO)C(CO)O2)c(=O)[nH]1. The van der Waals surface area contributed by atoms with E-state index in [2.05, 4.69) is 4.98 Å². The molecule has 1 aromatic rings. The maximum atomic E-state index is 11.6. The van der Waals surface area contributed by atoms with Gasteiger partial charge in [0.25, 0.3) is 5.56 Å². The second kappa shape index (κ2) is 5.73. The Morgan fingerprint density at radius 2 is 2.39 bits per heavy atom. The molecule has 0 bridgehead atoms. The first kappa shape index (κ1) is 13.4. The Labute approximate surface area is 103 Å². The minimum Gasteiger partial charge on any atom is -0.394 e. The maximum absolute atomic E-state index is 11.6. The van der Waals surface area contributed by atoms with Crippen LogP contribution in [0.4, 0.5) is 0 Å². The molecule has 1 aliphatic heterocycles. The minimum atomic E-state index is -0.713. The van der Waals surface area contributed by atoms with Crippen LogP contribution in [0.3, 0.4) is 0 Å². The van der Waals surface area contributed by atoms with E-state index < -0.39 is 38.7 Å². The Balaban J connectivity index is 2.20. The fourth-order valence-electron chi connectivity index (χ4n) is 1.88. The number of aromatic nitrogens is 2. The number of H-pyrrole nitrogens is 1. The second-order valence-electron chi connectivity index (χ2n) is 3.81. The van der Waals surface area contributed by atoms with Gasteiger partial charge in [0.1, 0.15) is 12.3 Å². The first-order chi connectivity index (χ1) is 8.65. The number of aliphatic hydroxyl groups excluding tert-OH is 1. The van der Waals surface area contributed by atoms with Gasteiger partial charge in [0.15, 0.2) is 9.03 Å². The number of nitrogens with zero attached hydrogens (tertiary/aromatic N) is 1. The molecule has 0 amide bonds. The van der Waals surface area contributed by atoms with Gasteiger partial charge in [-0.15, -0.1) is 0 Å². The Morgan fingerprint density at radius 3 is 3.00 bits per heavy atom. The standard InChI is InChI=1S/C9H13N2O6P/c12-4-6-5(17-18-15)3-8(16-6)11-2-1-7(13)10-9(11)14/h1-2,5-6,8,12,15,18H,3-4H2,(H,10,13,14). The van der Waals surface area contributed by atoms with Crippen molar-refractivity contribution in [3.63, 3.8) is 0 Å². The molecule has 2 heterocycles. The van der Waals surface area contributed by atoms with E-state index in [-0.39, 0.29) is 6.61 Å². The minimum absolute atomic E-state index is 0.274. The lowest BCUT2D eigenvalue weighted by molar-refractivity contribution is -0.0413. The zero-order valence-electron chi connectivity index (χ0n) is 9.28. The van der Waals surface area contributed by atoms with Gasteiger partial charge in [0.2, 0.25) is 0 Å². The molecule has 0 aliphatic carbocycles. The highest BCUT2D eigenvalue weighted by atomic mass is 31.1. The van der Waals surface area contributed by atoms with Crippen molar-refractivity contribution in [3.8, 4) is 0 Å². The van der Waals surface area contributed by atoms with Crippen molar-refractivity contribution in [1.29, 1.82) is 0 Å². The van der Waals surface area contributed by atoms with Crippen molar-refractivity contribution in [2.45, 2.75) is 24.9 Å². The van der Waals surface area contributed by atoms with Gasteiger partial charge in [0, 0.05) is 18.7 Å².